The molecule has 5 aromatic rings. The first-order valence-electron chi connectivity index (χ1n) is 10.2. The van der Waals surface area contributed by atoms with Crippen LogP contribution in [-0.4, -0.2) is 36.8 Å². The normalized spacial score (nSPS) is 11.9. The van der Waals surface area contributed by atoms with E-state index >= 15 is 0 Å². The lowest BCUT2D eigenvalue weighted by molar-refractivity contribution is -0.142. The number of aromatic nitrogens is 5. The largest absolute Gasteiger partial charge is 0.433 e. The molecule has 3 heterocycles. The molecule has 0 aliphatic rings. The average molecular weight is 529 g/mol. The van der Waals surface area contributed by atoms with Crippen LogP contribution in [0.3, 0.4) is 0 Å². The van der Waals surface area contributed by atoms with Gasteiger partial charge in [0.05, 0.1) is 22.9 Å². The lowest BCUT2D eigenvalue weighted by Crippen LogP contribution is -2.27. The topological polar surface area (TPSA) is 77.1 Å². The zero-order chi connectivity index (χ0) is 23.9. The Bertz CT molecular complexity index is 1520. The van der Waals surface area contributed by atoms with E-state index in [9.17, 15) is 18.0 Å². The maximum atomic E-state index is 13.9. The van der Waals surface area contributed by atoms with E-state index in [1.165, 1.54) is 6.07 Å². The molecule has 0 spiro atoms. The Morgan fingerprint density at radius 3 is 2.59 bits per heavy atom. The number of nitrogens with zero attached hydrogens (tertiary/aromatic N) is 5. The van der Waals surface area contributed by atoms with Crippen molar-refractivity contribution < 1.29 is 18.0 Å². The lowest BCUT2D eigenvalue weighted by atomic mass is 10.0. The van der Waals surface area contributed by atoms with Crippen LogP contribution >= 0.6 is 15.9 Å². The van der Waals surface area contributed by atoms with E-state index in [-0.39, 0.29) is 23.6 Å². The number of benzene rings is 2. The molecule has 7 nitrogen and oxygen atoms in total. The van der Waals surface area contributed by atoms with Gasteiger partial charge in [-0.05, 0) is 38.8 Å². The molecule has 0 saturated heterocycles. The van der Waals surface area contributed by atoms with Crippen molar-refractivity contribution in [3.05, 3.63) is 82.9 Å². The minimum absolute atomic E-state index is 0.0702. The molecule has 0 aliphatic carbocycles. The third-order valence-electron chi connectivity index (χ3n) is 5.22. The summed E-state index contributed by atoms with van der Waals surface area (Å²) in [6.45, 7) is 0.617. The van der Waals surface area contributed by atoms with Crippen LogP contribution in [-0.2, 0) is 12.7 Å². The fourth-order valence-corrected chi connectivity index (χ4v) is 3.95. The van der Waals surface area contributed by atoms with Gasteiger partial charge < -0.3 is 5.32 Å². The van der Waals surface area contributed by atoms with E-state index in [0.29, 0.717) is 16.6 Å². The highest BCUT2D eigenvalue weighted by Gasteiger charge is 2.35. The standard InChI is InChI=1S/C23H16BrF3N6O/c24-17-12-29-32(13-17)8-7-28-22(34)19-11-21-30-18(10-20(23(25,26)27)33(21)31-19)16-6-5-14-3-1-2-4-15(14)9-16/h1-6,9-13H,7-8H2,(H,28,34). The van der Waals surface area contributed by atoms with Gasteiger partial charge in [-0.1, -0.05) is 36.4 Å². The van der Waals surface area contributed by atoms with Gasteiger partial charge in [0, 0.05) is 24.4 Å². The summed E-state index contributed by atoms with van der Waals surface area (Å²) in [4.78, 5) is 16.9. The Labute approximate surface area is 199 Å². The summed E-state index contributed by atoms with van der Waals surface area (Å²) in [7, 11) is 0. The van der Waals surface area contributed by atoms with E-state index in [1.807, 2.05) is 30.3 Å². The van der Waals surface area contributed by atoms with E-state index < -0.39 is 17.8 Å². The van der Waals surface area contributed by atoms with Crippen LogP contribution < -0.4 is 5.32 Å². The van der Waals surface area contributed by atoms with Crippen LogP contribution in [0, 0.1) is 0 Å². The summed E-state index contributed by atoms with van der Waals surface area (Å²) in [6.07, 6.45) is -1.34. The van der Waals surface area contributed by atoms with Crippen molar-refractivity contribution in [2.45, 2.75) is 12.7 Å². The first-order chi connectivity index (χ1) is 16.3. The highest BCUT2D eigenvalue weighted by molar-refractivity contribution is 9.10. The Morgan fingerprint density at radius 2 is 1.85 bits per heavy atom. The summed E-state index contributed by atoms with van der Waals surface area (Å²) < 4.78 is 44.7. The van der Waals surface area contributed by atoms with Gasteiger partial charge in [0.25, 0.3) is 5.91 Å². The SMILES string of the molecule is O=C(NCCn1cc(Br)cn1)c1cc2nc(-c3ccc4ccccc4c3)cc(C(F)(F)F)n2n1. The average Bonchev–Trinajstić information content (AvgIpc) is 3.43. The molecule has 2 aromatic carbocycles. The minimum Gasteiger partial charge on any atom is -0.349 e. The predicted molar refractivity (Wildman–Crippen MR) is 123 cm³/mol. The number of halogens is 4. The maximum Gasteiger partial charge on any atom is 0.433 e. The third-order valence-corrected chi connectivity index (χ3v) is 5.63. The number of rotatable bonds is 5. The Kier molecular flexibility index (Phi) is 5.56. The van der Waals surface area contributed by atoms with Gasteiger partial charge in [-0.3, -0.25) is 9.48 Å². The van der Waals surface area contributed by atoms with Crippen molar-refractivity contribution in [3.8, 4) is 11.3 Å². The number of amides is 1. The molecule has 1 amide bonds. The number of carbonyl (C=O) groups is 1. The molecule has 0 saturated carbocycles. The summed E-state index contributed by atoms with van der Waals surface area (Å²) in [5.41, 5.74) is -0.568. The molecule has 0 aliphatic heterocycles. The van der Waals surface area contributed by atoms with Crippen LogP contribution in [0.1, 0.15) is 16.2 Å². The van der Waals surface area contributed by atoms with Crippen LogP contribution in [0.2, 0.25) is 0 Å². The van der Waals surface area contributed by atoms with Gasteiger partial charge in [0.1, 0.15) is 0 Å². The second kappa shape index (κ2) is 8.56. The molecule has 0 fully saturated rings. The Balaban J connectivity index is 1.48. The van der Waals surface area contributed by atoms with Crippen LogP contribution in [0.5, 0.6) is 0 Å². The molecule has 0 radical (unpaired) electrons. The van der Waals surface area contributed by atoms with Crippen LogP contribution in [0.15, 0.2) is 71.5 Å². The lowest BCUT2D eigenvalue weighted by Gasteiger charge is -2.11. The van der Waals surface area contributed by atoms with Gasteiger partial charge >= 0.3 is 6.18 Å². The smallest absolute Gasteiger partial charge is 0.349 e. The minimum atomic E-state index is -4.69. The van der Waals surface area contributed by atoms with E-state index in [0.717, 1.165) is 21.3 Å². The third kappa shape index (κ3) is 4.38. The van der Waals surface area contributed by atoms with E-state index in [1.54, 1.807) is 29.2 Å². The van der Waals surface area contributed by atoms with Gasteiger partial charge in [-0.15, -0.1) is 0 Å². The second-order valence-corrected chi connectivity index (χ2v) is 8.48. The first-order valence-corrected chi connectivity index (χ1v) is 11.0. The molecule has 3 aromatic heterocycles. The summed E-state index contributed by atoms with van der Waals surface area (Å²) >= 11 is 3.28. The zero-order valence-electron chi connectivity index (χ0n) is 17.4. The number of nitrogens with one attached hydrogen (secondary N) is 1. The molecule has 34 heavy (non-hydrogen) atoms. The predicted octanol–water partition coefficient (Wildman–Crippen LogP) is 4.96. The number of fused-ring (bicyclic) bond motifs is 2. The fourth-order valence-electron chi connectivity index (χ4n) is 3.62. The molecule has 0 unspecified atom stereocenters. The molecule has 11 heteroatoms. The quantitative estimate of drug-likeness (QED) is 0.350. The summed E-state index contributed by atoms with van der Waals surface area (Å²) in [6, 6.07) is 15.1. The molecule has 1 N–H and O–H groups in total. The van der Waals surface area contributed by atoms with Crippen molar-refractivity contribution in [2.24, 2.45) is 0 Å². The monoisotopic (exact) mass is 528 g/mol. The second-order valence-electron chi connectivity index (χ2n) is 7.56. The molecular weight excluding hydrogens is 513 g/mol. The van der Waals surface area contributed by atoms with Crippen molar-refractivity contribution in [2.75, 3.05) is 6.54 Å². The Hall–Kier alpha value is -3.73. The number of carbonyl (C=O) groups excluding carboxylic acids is 1. The van der Waals surface area contributed by atoms with Crippen LogP contribution in [0.4, 0.5) is 13.2 Å². The fraction of sp³-hybridized carbons (Fsp3) is 0.130. The zero-order valence-corrected chi connectivity index (χ0v) is 19.0. The molecule has 0 bridgehead atoms. The Morgan fingerprint density at radius 1 is 1.06 bits per heavy atom. The van der Waals surface area contributed by atoms with Gasteiger partial charge in [0.15, 0.2) is 17.0 Å². The molecule has 172 valence electrons. The van der Waals surface area contributed by atoms with Gasteiger partial charge in [-0.25, -0.2) is 9.50 Å². The maximum absolute atomic E-state index is 13.9. The van der Waals surface area contributed by atoms with E-state index in [2.05, 4.69) is 36.4 Å². The van der Waals surface area contributed by atoms with E-state index in [4.69, 9.17) is 0 Å². The number of alkyl halides is 3. The highest BCUT2D eigenvalue weighted by Crippen LogP contribution is 2.33. The van der Waals surface area contributed by atoms with Crippen molar-refractivity contribution in [1.29, 1.82) is 0 Å². The number of hydrogen-bond donors (Lipinski definition) is 1. The van der Waals surface area contributed by atoms with Crippen molar-refractivity contribution >= 4 is 38.3 Å². The number of hydrogen-bond acceptors (Lipinski definition) is 4. The van der Waals surface area contributed by atoms with Gasteiger partial charge in [-0.2, -0.15) is 23.4 Å². The molecule has 5 rings (SSSR count). The molecule has 0 atom stereocenters. The van der Waals surface area contributed by atoms with Gasteiger partial charge in [0.2, 0.25) is 0 Å². The van der Waals surface area contributed by atoms with Crippen LogP contribution in [0.25, 0.3) is 27.7 Å². The summed E-state index contributed by atoms with van der Waals surface area (Å²) in [5.74, 6) is -0.600. The first kappa shape index (κ1) is 22.1. The highest BCUT2D eigenvalue weighted by atomic mass is 79.9. The molecular formula is C23H16BrF3N6O. The summed E-state index contributed by atoms with van der Waals surface area (Å²) in [5, 5.41) is 12.5. The van der Waals surface area contributed by atoms with Crippen molar-refractivity contribution in [3.63, 3.8) is 0 Å². The van der Waals surface area contributed by atoms with Crippen molar-refractivity contribution in [1.82, 2.24) is 29.7 Å².